The Morgan fingerprint density at radius 2 is 1.50 bits per heavy atom. The van der Waals surface area contributed by atoms with E-state index in [1.165, 1.54) is 11.8 Å². The minimum Gasteiger partial charge on any atom is -0.453 e. The molecule has 18 heavy (non-hydrogen) atoms. The first-order valence-corrected chi connectivity index (χ1v) is 7.22. The maximum Gasteiger partial charge on any atom is 0.161 e. The topological polar surface area (TPSA) is 9.23 Å². The van der Waals surface area contributed by atoms with Gasteiger partial charge in [0.25, 0.3) is 0 Å². The van der Waals surface area contributed by atoms with Crippen LogP contribution >= 0.6 is 58.2 Å². The maximum absolute atomic E-state index is 6.16. The molecular weight excluding hydrogens is 334 g/mol. The van der Waals surface area contributed by atoms with E-state index in [1.807, 2.05) is 6.07 Å². The Morgan fingerprint density at radius 1 is 0.833 bits per heavy atom. The average molecular weight is 338 g/mol. The fourth-order valence-electron chi connectivity index (χ4n) is 1.60. The van der Waals surface area contributed by atoms with Gasteiger partial charge in [-0.05, 0) is 24.3 Å². The Morgan fingerprint density at radius 3 is 2.28 bits per heavy atom. The predicted octanol–water partition coefficient (Wildman–Crippen LogP) is 6.56. The zero-order valence-corrected chi connectivity index (χ0v) is 12.5. The molecule has 0 radical (unpaired) electrons. The van der Waals surface area contributed by atoms with Crippen molar-refractivity contribution < 1.29 is 4.74 Å². The highest BCUT2D eigenvalue weighted by atomic mass is 35.5. The van der Waals surface area contributed by atoms with Gasteiger partial charge < -0.3 is 4.74 Å². The minimum absolute atomic E-state index is 0.401. The van der Waals surface area contributed by atoms with Gasteiger partial charge in [0.2, 0.25) is 0 Å². The van der Waals surface area contributed by atoms with Crippen molar-refractivity contribution in [1.29, 1.82) is 0 Å². The van der Waals surface area contributed by atoms with Crippen molar-refractivity contribution in [2.24, 2.45) is 0 Å². The number of hydrogen-bond acceptors (Lipinski definition) is 2. The van der Waals surface area contributed by atoms with Crippen molar-refractivity contribution in [2.45, 2.75) is 9.79 Å². The van der Waals surface area contributed by atoms with E-state index in [4.69, 9.17) is 51.1 Å². The quantitative estimate of drug-likeness (QED) is 0.459. The molecule has 0 unspecified atom stereocenters. The van der Waals surface area contributed by atoms with Gasteiger partial charge in [0.05, 0.1) is 24.9 Å². The van der Waals surface area contributed by atoms with Gasteiger partial charge in [-0.1, -0.05) is 58.2 Å². The van der Waals surface area contributed by atoms with Crippen molar-refractivity contribution in [3.05, 3.63) is 44.4 Å². The summed E-state index contributed by atoms with van der Waals surface area (Å²) in [5, 5.41) is 1.84. The van der Waals surface area contributed by atoms with E-state index in [9.17, 15) is 0 Å². The lowest BCUT2D eigenvalue weighted by Crippen LogP contribution is -1.96. The van der Waals surface area contributed by atoms with Crippen LogP contribution in [0.4, 0.5) is 0 Å². The van der Waals surface area contributed by atoms with E-state index in [2.05, 4.69) is 0 Å². The first kappa shape index (κ1) is 12.8. The van der Waals surface area contributed by atoms with Gasteiger partial charge in [-0.3, -0.25) is 0 Å². The molecule has 0 saturated carbocycles. The van der Waals surface area contributed by atoms with Crippen molar-refractivity contribution in [3.8, 4) is 11.5 Å². The summed E-state index contributed by atoms with van der Waals surface area (Å²) in [5.41, 5.74) is 0. The van der Waals surface area contributed by atoms with Gasteiger partial charge in [0, 0.05) is 0 Å². The normalized spacial score (nSPS) is 12.7. The smallest absolute Gasteiger partial charge is 0.161 e. The molecule has 0 saturated heterocycles. The largest absolute Gasteiger partial charge is 0.453 e. The summed E-state index contributed by atoms with van der Waals surface area (Å²) >= 11 is 25.7. The summed E-state index contributed by atoms with van der Waals surface area (Å²) in [5.74, 6) is 1.19. The number of benzene rings is 2. The fourth-order valence-corrected chi connectivity index (χ4v) is 3.50. The van der Waals surface area contributed by atoms with Crippen LogP contribution in [0.25, 0.3) is 0 Å². The third-order valence-electron chi connectivity index (χ3n) is 2.45. The monoisotopic (exact) mass is 336 g/mol. The van der Waals surface area contributed by atoms with Gasteiger partial charge >= 0.3 is 0 Å². The van der Waals surface area contributed by atoms with Crippen LogP contribution in [-0.2, 0) is 0 Å². The molecule has 0 atom stereocenters. The Bertz CT molecular complexity index is 600. The predicted molar refractivity (Wildman–Crippen MR) is 77.1 cm³/mol. The van der Waals surface area contributed by atoms with Crippen LogP contribution in [0.15, 0.2) is 34.1 Å². The minimum atomic E-state index is 0.401. The number of ether oxygens (including phenoxy) is 1. The molecule has 0 spiro atoms. The third kappa shape index (κ3) is 1.97. The second kappa shape index (κ2) is 4.69. The number of hydrogen-bond donors (Lipinski definition) is 0. The second-order valence-corrected chi connectivity index (χ2v) is 6.20. The summed E-state index contributed by atoms with van der Waals surface area (Å²) in [6.45, 7) is 0. The van der Waals surface area contributed by atoms with E-state index >= 15 is 0 Å². The van der Waals surface area contributed by atoms with E-state index in [0.717, 1.165) is 9.79 Å². The lowest BCUT2D eigenvalue weighted by atomic mass is 10.3. The Balaban J connectivity index is 2.18. The van der Waals surface area contributed by atoms with Crippen LogP contribution in [0.1, 0.15) is 0 Å². The first-order chi connectivity index (χ1) is 8.58. The molecule has 2 aromatic rings. The van der Waals surface area contributed by atoms with Gasteiger partial charge in [-0.15, -0.1) is 0 Å². The van der Waals surface area contributed by atoms with Crippen LogP contribution in [-0.4, -0.2) is 0 Å². The third-order valence-corrected chi connectivity index (χ3v) is 5.31. The molecule has 92 valence electrons. The summed E-state index contributed by atoms with van der Waals surface area (Å²) in [7, 11) is 0. The Hall–Kier alpha value is -0.250. The second-order valence-electron chi connectivity index (χ2n) is 3.58. The maximum atomic E-state index is 6.16. The van der Waals surface area contributed by atoms with E-state index in [1.54, 1.807) is 18.2 Å². The Kier molecular flexibility index (Phi) is 3.33. The molecule has 0 fully saturated rings. The zero-order chi connectivity index (χ0) is 12.9. The van der Waals surface area contributed by atoms with Gasteiger partial charge in [0.1, 0.15) is 10.8 Å². The van der Waals surface area contributed by atoms with E-state index in [0.29, 0.717) is 31.6 Å². The molecule has 1 aliphatic heterocycles. The molecular formula is C12H4Cl4OS. The zero-order valence-electron chi connectivity index (χ0n) is 8.64. The Labute approximate surface area is 128 Å². The molecule has 2 aromatic carbocycles. The van der Waals surface area contributed by atoms with Crippen molar-refractivity contribution in [2.75, 3.05) is 0 Å². The van der Waals surface area contributed by atoms with Gasteiger partial charge in [-0.25, -0.2) is 0 Å². The molecule has 6 heteroatoms. The fraction of sp³-hybridized carbons (Fsp3) is 0. The molecule has 1 heterocycles. The lowest BCUT2D eigenvalue weighted by molar-refractivity contribution is 0.455. The summed E-state index contributed by atoms with van der Waals surface area (Å²) < 4.78 is 5.74. The molecule has 0 bridgehead atoms. The highest BCUT2D eigenvalue weighted by Crippen LogP contribution is 2.54. The molecule has 1 aliphatic rings. The van der Waals surface area contributed by atoms with Crippen molar-refractivity contribution >= 4 is 58.2 Å². The molecule has 0 aliphatic carbocycles. The molecule has 3 rings (SSSR count). The number of rotatable bonds is 0. The molecule has 0 N–H and O–H groups in total. The molecule has 1 nitrogen and oxygen atoms in total. The highest BCUT2D eigenvalue weighted by molar-refractivity contribution is 7.99. The number of fused-ring (bicyclic) bond motifs is 2. The van der Waals surface area contributed by atoms with E-state index < -0.39 is 0 Å². The summed E-state index contributed by atoms with van der Waals surface area (Å²) in [6, 6.07) is 7.01. The molecule has 0 aromatic heterocycles. The van der Waals surface area contributed by atoms with Crippen LogP contribution in [0.5, 0.6) is 11.5 Å². The molecule has 0 amide bonds. The summed E-state index contributed by atoms with van der Waals surface area (Å²) in [4.78, 5) is 1.65. The standard InChI is InChI=1S/C12H4Cl4OS/c13-5-2-4-8-11(9(5)15)17-7-3-1-6(14)10(16)12(7)18-8/h1-4H. The van der Waals surface area contributed by atoms with Crippen molar-refractivity contribution in [3.63, 3.8) is 0 Å². The van der Waals surface area contributed by atoms with Crippen molar-refractivity contribution in [1.82, 2.24) is 0 Å². The van der Waals surface area contributed by atoms with Crippen LogP contribution in [0.2, 0.25) is 20.1 Å². The lowest BCUT2D eigenvalue weighted by Gasteiger charge is -2.22. The SMILES string of the molecule is Clc1ccc2c(c1Cl)Oc1ccc(Cl)c(Cl)c1S2. The van der Waals surface area contributed by atoms with Gasteiger partial charge in [0.15, 0.2) is 5.75 Å². The van der Waals surface area contributed by atoms with Crippen LogP contribution < -0.4 is 4.74 Å². The average Bonchev–Trinajstić information content (AvgIpc) is 2.38. The highest BCUT2D eigenvalue weighted by Gasteiger charge is 2.24. The summed E-state index contributed by atoms with van der Waals surface area (Å²) in [6.07, 6.45) is 0. The number of halogens is 4. The first-order valence-electron chi connectivity index (χ1n) is 4.89. The van der Waals surface area contributed by atoms with E-state index in [-0.39, 0.29) is 0 Å². The van der Waals surface area contributed by atoms with Crippen LogP contribution in [0.3, 0.4) is 0 Å². The van der Waals surface area contributed by atoms with Crippen LogP contribution in [0, 0.1) is 0 Å². The van der Waals surface area contributed by atoms with Gasteiger partial charge in [-0.2, -0.15) is 0 Å².